The zero-order valence-electron chi connectivity index (χ0n) is 14.7. The molecule has 0 saturated carbocycles. The fraction of sp³-hybridized carbons (Fsp3) is 0.450. The Morgan fingerprint density at radius 3 is 2.85 bits per heavy atom. The molecule has 0 radical (unpaired) electrons. The van der Waals surface area contributed by atoms with Crippen LogP contribution in [0, 0.1) is 5.92 Å². The van der Waals surface area contributed by atoms with Gasteiger partial charge in [-0.3, -0.25) is 9.69 Å². The van der Waals surface area contributed by atoms with Crippen molar-refractivity contribution in [2.45, 2.75) is 25.0 Å². The molecule has 1 fully saturated rings. The molecule has 0 amide bonds. The van der Waals surface area contributed by atoms with Crippen LogP contribution >= 0.6 is 0 Å². The van der Waals surface area contributed by atoms with Crippen LogP contribution in [0.2, 0.25) is 0 Å². The van der Waals surface area contributed by atoms with Crippen molar-refractivity contribution in [3.8, 4) is 5.75 Å². The molecule has 3 atom stereocenters. The molecule has 6 heteroatoms. The van der Waals surface area contributed by atoms with E-state index in [0.717, 1.165) is 37.4 Å². The van der Waals surface area contributed by atoms with Gasteiger partial charge in [-0.1, -0.05) is 12.1 Å². The number of nitrogens with zero attached hydrogens (tertiary/aromatic N) is 2. The van der Waals surface area contributed by atoms with Crippen LogP contribution < -0.4 is 10.9 Å². The average Bonchev–Trinajstić information content (AvgIpc) is 2.61. The van der Waals surface area contributed by atoms with Crippen molar-refractivity contribution in [3.63, 3.8) is 0 Å². The Morgan fingerprint density at radius 1 is 1.15 bits per heavy atom. The van der Waals surface area contributed by atoms with Gasteiger partial charge in [-0.2, -0.15) is 0 Å². The summed E-state index contributed by atoms with van der Waals surface area (Å²) in [4.78, 5) is 14.4. The van der Waals surface area contributed by atoms with Crippen molar-refractivity contribution in [1.82, 2.24) is 9.47 Å². The van der Waals surface area contributed by atoms with Crippen LogP contribution in [0.5, 0.6) is 5.75 Å². The maximum absolute atomic E-state index is 12.1. The number of aliphatic hydroxyl groups excluding tert-OH is 1. The van der Waals surface area contributed by atoms with E-state index in [4.69, 9.17) is 0 Å². The minimum atomic E-state index is -0.492. The van der Waals surface area contributed by atoms with E-state index < -0.39 is 6.10 Å². The smallest absolute Gasteiger partial charge is 0.250 e. The lowest BCUT2D eigenvalue weighted by Gasteiger charge is -2.43. The highest BCUT2D eigenvalue weighted by atomic mass is 16.3. The molecule has 0 aliphatic carbocycles. The Morgan fingerprint density at radius 2 is 2.00 bits per heavy atom. The number of phenolic OH excluding ortho intramolecular Hbond substituents is 1. The van der Waals surface area contributed by atoms with E-state index >= 15 is 0 Å². The normalized spacial score (nSPS) is 23.3. The highest BCUT2D eigenvalue weighted by Gasteiger charge is 2.34. The molecule has 3 N–H and O–H groups in total. The molecule has 3 heterocycles. The predicted octanol–water partition coefficient (Wildman–Crippen LogP) is 1.45. The number of rotatable bonds is 5. The summed E-state index contributed by atoms with van der Waals surface area (Å²) < 4.78 is 1.93. The van der Waals surface area contributed by atoms with Crippen LogP contribution in [0.4, 0.5) is 5.69 Å². The van der Waals surface area contributed by atoms with E-state index in [2.05, 4.69) is 16.3 Å². The quantitative estimate of drug-likeness (QED) is 0.757. The maximum atomic E-state index is 12.1. The van der Waals surface area contributed by atoms with Gasteiger partial charge in [0, 0.05) is 62.2 Å². The Balaban J connectivity index is 1.36. The molecule has 1 unspecified atom stereocenters. The van der Waals surface area contributed by atoms with Crippen molar-refractivity contribution in [3.05, 3.63) is 58.5 Å². The van der Waals surface area contributed by atoms with Gasteiger partial charge in [-0.05, 0) is 30.5 Å². The first-order chi connectivity index (χ1) is 12.6. The number of nitrogens with one attached hydrogen (secondary N) is 1. The van der Waals surface area contributed by atoms with Crippen LogP contribution in [0.15, 0.2) is 47.3 Å². The molecule has 26 heavy (non-hydrogen) atoms. The van der Waals surface area contributed by atoms with Gasteiger partial charge in [-0.15, -0.1) is 0 Å². The second-order valence-electron chi connectivity index (χ2n) is 7.50. The summed E-state index contributed by atoms with van der Waals surface area (Å²) >= 11 is 0. The SMILES string of the molecule is O=c1cccc2n1C[C@H]1C[C@@H]2CN(CC(O)CNc2cccc(O)c2)C1. The van der Waals surface area contributed by atoms with E-state index in [9.17, 15) is 15.0 Å². The standard InChI is InChI=1S/C20H25N3O3/c24-17-4-1-3-16(8-17)21-9-18(25)13-22-10-14-7-15(12-22)19-5-2-6-20(26)23(19)11-14/h1-6,8,14-15,18,21,24-25H,7,9-13H2/t14-,15+,18?/m0/s1. The number of aromatic nitrogens is 1. The highest BCUT2D eigenvalue weighted by molar-refractivity contribution is 5.47. The minimum Gasteiger partial charge on any atom is -0.508 e. The van der Waals surface area contributed by atoms with E-state index in [1.807, 2.05) is 16.7 Å². The van der Waals surface area contributed by atoms with Gasteiger partial charge in [0.2, 0.25) is 0 Å². The molecule has 2 bridgehead atoms. The number of aliphatic hydroxyl groups is 1. The zero-order chi connectivity index (χ0) is 18.1. The van der Waals surface area contributed by atoms with Crippen molar-refractivity contribution in [2.24, 2.45) is 5.92 Å². The van der Waals surface area contributed by atoms with E-state index in [0.29, 0.717) is 24.9 Å². The molecule has 1 aromatic carbocycles. The number of anilines is 1. The predicted molar refractivity (Wildman–Crippen MR) is 101 cm³/mol. The number of fused-ring (bicyclic) bond motifs is 4. The third kappa shape index (κ3) is 3.61. The molecule has 2 aliphatic heterocycles. The molecule has 1 saturated heterocycles. The van der Waals surface area contributed by atoms with E-state index in [1.54, 1.807) is 24.3 Å². The molecule has 0 spiro atoms. The first-order valence-electron chi connectivity index (χ1n) is 9.21. The molecule has 6 nitrogen and oxygen atoms in total. The molecular formula is C20H25N3O3. The number of β-amino-alcohol motifs (C(OH)–C–C–N with tert-alkyl or cyclic N) is 1. The average molecular weight is 355 g/mol. The molecule has 138 valence electrons. The summed E-state index contributed by atoms with van der Waals surface area (Å²) in [6.45, 7) is 3.62. The monoisotopic (exact) mass is 355 g/mol. The van der Waals surface area contributed by atoms with E-state index in [-0.39, 0.29) is 11.3 Å². The Kier molecular flexibility index (Phi) is 4.70. The van der Waals surface area contributed by atoms with Crippen LogP contribution in [0.1, 0.15) is 18.0 Å². The number of aromatic hydroxyl groups is 1. The van der Waals surface area contributed by atoms with Gasteiger partial charge in [-0.25, -0.2) is 0 Å². The van der Waals surface area contributed by atoms with Crippen molar-refractivity contribution in [2.75, 3.05) is 31.5 Å². The summed E-state index contributed by atoms with van der Waals surface area (Å²) in [6, 6.07) is 12.5. The third-order valence-electron chi connectivity index (χ3n) is 5.41. The lowest BCUT2D eigenvalue weighted by molar-refractivity contribution is 0.0676. The lowest BCUT2D eigenvalue weighted by Crippen LogP contribution is -2.49. The van der Waals surface area contributed by atoms with Crippen LogP contribution in [0.3, 0.4) is 0 Å². The number of phenols is 1. The molecule has 2 aromatic rings. The van der Waals surface area contributed by atoms with Crippen molar-refractivity contribution < 1.29 is 10.2 Å². The summed E-state index contributed by atoms with van der Waals surface area (Å²) in [5, 5.41) is 23.1. The molecule has 4 rings (SSSR count). The Labute approximate surface area is 152 Å². The summed E-state index contributed by atoms with van der Waals surface area (Å²) in [5.74, 6) is 1.04. The number of likely N-dealkylation sites (tertiary alicyclic amines) is 1. The summed E-state index contributed by atoms with van der Waals surface area (Å²) in [5.41, 5.74) is 2.03. The van der Waals surface area contributed by atoms with Gasteiger partial charge in [0.1, 0.15) is 5.75 Å². The van der Waals surface area contributed by atoms with Gasteiger partial charge in [0.05, 0.1) is 6.10 Å². The number of hydrogen-bond donors (Lipinski definition) is 3. The van der Waals surface area contributed by atoms with Gasteiger partial charge in [0.15, 0.2) is 0 Å². The topological polar surface area (TPSA) is 77.7 Å². The molecule has 2 aliphatic rings. The third-order valence-corrected chi connectivity index (χ3v) is 5.41. The van der Waals surface area contributed by atoms with Crippen LogP contribution in [0.25, 0.3) is 0 Å². The first-order valence-corrected chi connectivity index (χ1v) is 9.21. The van der Waals surface area contributed by atoms with Gasteiger partial charge >= 0.3 is 0 Å². The summed E-state index contributed by atoms with van der Waals surface area (Å²) in [7, 11) is 0. The van der Waals surface area contributed by atoms with Crippen molar-refractivity contribution in [1.29, 1.82) is 0 Å². The Bertz CT molecular complexity index is 835. The second-order valence-corrected chi connectivity index (χ2v) is 7.50. The number of benzene rings is 1. The van der Waals surface area contributed by atoms with Crippen molar-refractivity contribution >= 4 is 5.69 Å². The Hall–Kier alpha value is -2.31. The lowest BCUT2D eigenvalue weighted by atomic mass is 9.83. The van der Waals surface area contributed by atoms with Crippen LogP contribution in [-0.2, 0) is 6.54 Å². The molecule has 1 aromatic heterocycles. The maximum Gasteiger partial charge on any atom is 0.250 e. The fourth-order valence-corrected chi connectivity index (χ4v) is 4.36. The number of hydrogen-bond acceptors (Lipinski definition) is 5. The summed E-state index contributed by atoms with van der Waals surface area (Å²) in [6.07, 6.45) is 0.631. The zero-order valence-corrected chi connectivity index (χ0v) is 14.7. The van der Waals surface area contributed by atoms with E-state index in [1.165, 1.54) is 0 Å². The molecular weight excluding hydrogens is 330 g/mol. The van der Waals surface area contributed by atoms with Gasteiger partial charge < -0.3 is 20.1 Å². The highest BCUT2D eigenvalue weighted by Crippen LogP contribution is 2.34. The fourth-order valence-electron chi connectivity index (χ4n) is 4.36. The van der Waals surface area contributed by atoms with Crippen LogP contribution in [-0.4, -0.2) is 52.0 Å². The number of piperidine rings is 1. The minimum absolute atomic E-state index is 0.0981. The second kappa shape index (κ2) is 7.13. The number of pyridine rings is 1. The first kappa shape index (κ1) is 17.1. The largest absolute Gasteiger partial charge is 0.508 e. The van der Waals surface area contributed by atoms with Gasteiger partial charge in [0.25, 0.3) is 5.56 Å².